The lowest BCUT2D eigenvalue weighted by Gasteiger charge is -2.46. The van der Waals surface area contributed by atoms with Crippen molar-refractivity contribution in [3.8, 4) is 0 Å². The van der Waals surface area contributed by atoms with Crippen LogP contribution in [-0.4, -0.2) is 140 Å². The summed E-state index contributed by atoms with van der Waals surface area (Å²) in [7, 11) is 0. The van der Waals surface area contributed by atoms with Crippen LogP contribution in [0.2, 0.25) is 0 Å². The number of nitrogens with one attached hydrogen (secondary N) is 1. The first kappa shape index (κ1) is 66.8. The maximum atomic E-state index is 13.3. The van der Waals surface area contributed by atoms with Crippen LogP contribution >= 0.6 is 0 Å². The topological polar surface area (TPSA) is 228 Å². The minimum absolute atomic E-state index is 0.204. The van der Waals surface area contributed by atoms with Crippen molar-refractivity contribution in [2.45, 2.75) is 331 Å². The molecule has 0 spiro atoms. The van der Waals surface area contributed by atoms with Crippen LogP contribution in [0.3, 0.4) is 0 Å². The highest BCUT2D eigenvalue weighted by Gasteiger charge is 2.51. The molecule has 2 aliphatic rings. The van der Waals surface area contributed by atoms with Crippen LogP contribution in [0.1, 0.15) is 258 Å². The van der Waals surface area contributed by atoms with Crippen molar-refractivity contribution in [1.29, 1.82) is 0 Å². The van der Waals surface area contributed by atoms with E-state index in [4.69, 9.17) is 18.9 Å². The molecule has 14 nitrogen and oxygen atoms in total. The molecule has 2 aliphatic heterocycles. The van der Waals surface area contributed by atoms with E-state index in [0.29, 0.717) is 12.8 Å². The molecule has 0 saturated carbocycles. The number of unbranched alkanes of at least 4 members (excludes halogenated alkanes) is 33. The molecule has 12 unspecified atom stereocenters. The molecular formula is C58H111NO13. The van der Waals surface area contributed by atoms with Crippen LogP contribution < -0.4 is 5.32 Å². The Labute approximate surface area is 437 Å². The number of carbonyl (C=O) groups is 1. The van der Waals surface area contributed by atoms with Gasteiger partial charge in [0.25, 0.3) is 0 Å². The highest BCUT2D eigenvalue weighted by atomic mass is 16.7. The molecule has 426 valence electrons. The maximum Gasteiger partial charge on any atom is 0.220 e. The largest absolute Gasteiger partial charge is 0.394 e. The first-order valence-corrected chi connectivity index (χ1v) is 29.9. The molecule has 0 aliphatic carbocycles. The van der Waals surface area contributed by atoms with Crippen LogP contribution in [0.25, 0.3) is 0 Å². The molecule has 14 heteroatoms. The fraction of sp³-hybridized carbons (Fsp3) is 0.948. The van der Waals surface area contributed by atoms with Crippen LogP contribution in [-0.2, 0) is 23.7 Å². The summed E-state index contributed by atoms with van der Waals surface area (Å²) in [6.07, 6.45) is 33.6. The van der Waals surface area contributed by atoms with Gasteiger partial charge < -0.3 is 65.1 Å². The van der Waals surface area contributed by atoms with E-state index in [0.717, 1.165) is 51.4 Å². The summed E-state index contributed by atoms with van der Waals surface area (Å²) in [5.41, 5.74) is 0. The zero-order valence-corrected chi connectivity index (χ0v) is 45.7. The van der Waals surface area contributed by atoms with Crippen molar-refractivity contribution >= 4 is 5.91 Å². The van der Waals surface area contributed by atoms with Gasteiger partial charge in [0.15, 0.2) is 12.6 Å². The number of rotatable bonds is 48. The number of carbonyl (C=O) groups excluding carboxylic acids is 1. The third-order valence-electron chi connectivity index (χ3n) is 15.0. The highest BCUT2D eigenvalue weighted by Crippen LogP contribution is 2.30. The van der Waals surface area contributed by atoms with E-state index in [9.17, 15) is 45.6 Å². The minimum atomic E-state index is -1.78. The smallest absolute Gasteiger partial charge is 0.220 e. The van der Waals surface area contributed by atoms with Crippen molar-refractivity contribution in [2.75, 3.05) is 19.8 Å². The summed E-state index contributed by atoms with van der Waals surface area (Å²) in [4.78, 5) is 13.3. The third kappa shape index (κ3) is 30.5. The van der Waals surface area contributed by atoms with Crippen molar-refractivity contribution in [1.82, 2.24) is 5.32 Å². The second-order valence-corrected chi connectivity index (χ2v) is 21.5. The number of aliphatic hydroxyl groups is 8. The minimum Gasteiger partial charge on any atom is -0.394 e. The number of hydrogen-bond donors (Lipinski definition) is 9. The Balaban J connectivity index is 1.70. The van der Waals surface area contributed by atoms with Crippen molar-refractivity contribution in [2.24, 2.45) is 0 Å². The molecule has 2 saturated heterocycles. The zero-order chi connectivity index (χ0) is 52.4. The molecule has 0 radical (unpaired) electrons. The molecule has 1 amide bonds. The molecule has 2 rings (SSSR count). The standard InChI is InChI=1S/C58H111NO13/c1-3-5-7-9-11-13-15-17-18-19-20-21-22-23-24-25-26-27-28-30-32-34-36-38-40-42-50(63)59-46(47(62)41-39-37-35-33-31-29-16-14-12-10-8-6-4-2)45-69-57-55(68)53(66)56(49(44-61)71-57)72-58-54(67)52(65)51(64)48(43-60)70-58/h19-20,46-49,51-58,60-62,64-68H,3-18,21-45H2,1-2H3,(H,59,63)/b20-19-. The second kappa shape index (κ2) is 44.8. The van der Waals surface area contributed by atoms with Gasteiger partial charge in [0.1, 0.15) is 48.8 Å². The molecule has 2 heterocycles. The summed E-state index contributed by atoms with van der Waals surface area (Å²) in [5, 5.41) is 87.1. The summed E-state index contributed by atoms with van der Waals surface area (Å²) >= 11 is 0. The first-order valence-electron chi connectivity index (χ1n) is 29.9. The van der Waals surface area contributed by atoms with E-state index in [2.05, 4.69) is 31.3 Å². The Morgan fingerprint density at radius 1 is 0.486 bits per heavy atom. The van der Waals surface area contributed by atoms with Gasteiger partial charge in [-0.05, 0) is 38.5 Å². The van der Waals surface area contributed by atoms with Crippen molar-refractivity contribution in [3.63, 3.8) is 0 Å². The lowest BCUT2D eigenvalue weighted by molar-refractivity contribution is -0.359. The maximum absolute atomic E-state index is 13.3. The summed E-state index contributed by atoms with van der Waals surface area (Å²) in [5.74, 6) is -0.204. The summed E-state index contributed by atoms with van der Waals surface area (Å²) < 4.78 is 22.8. The van der Waals surface area contributed by atoms with Crippen molar-refractivity contribution < 1.29 is 64.6 Å². The van der Waals surface area contributed by atoms with Crippen LogP contribution in [0.5, 0.6) is 0 Å². The Hall–Kier alpha value is -1.27. The lowest BCUT2D eigenvalue weighted by atomic mass is 9.97. The predicted octanol–water partition coefficient (Wildman–Crippen LogP) is 9.89. The molecule has 0 aromatic rings. The quantitative estimate of drug-likeness (QED) is 0.0205. The number of ether oxygens (including phenoxy) is 4. The van der Waals surface area contributed by atoms with Gasteiger partial charge in [0.05, 0.1) is 32.0 Å². The van der Waals surface area contributed by atoms with Gasteiger partial charge >= 0.3 is 0 Å². The average molecular weight is 1030 g/mol. The Kier molecular flexibility index (Phi) is 41.6. The first-order chi connectivity index (χ1) is 35.1. The summed E-state index contributed by atoms with van der Waals surface area (Å²) in [6, 6.07) is -0.824. The van der Waals surface area contributed by atoms with Crippen LogP contribution in [0.4, 0.5) is 0 Å². The van der Waals surface area contributed by atoms with E-state index in [1.165, 1.54) is 180 Å². The lowest BCUT2D eigenvalue weighted by Crippen LogP contribution is -2.65. The molecule has 0 bridgehead atoms. The fourth-order valence-corrected chi connectivity index (χ4v) is 10.1. The Morgan fingerprint density at radius 3 is 1.32 bits per heavy atom. The number of hydrogen-bond acceptors (Lipinski definition) is 13. The SMILES string of the molecule is CCCCCCCCCC/C=C\CCCCCCCCCCCCCCCC(=O)NC(COC1OC(CO)C(OC2OC(CO)C(O)C(O)C2O)C(O)C1O)C(O)CCCCCCCCCCCCCCC. The Morgan fingerprint density at radius 2 is 0.875 bits per heavy atom. The highest BCUT2D eigenvalue weighted by molar-refractivity contribution is 5.76. The van der Waals surface area contributed by atoms with E-state index < -0.39 is 86.8 Å². The van der Waals surface area contributed by atoms with E-state index in [1.807, 2.05) is 0 Å². The van der Waals surface area contributed by atoms with Gasteiger partial charge in [-0.1, -0.05) is 225 Å². The third-order valence-corrected chi connectivity index (χ3v) is 15.0. The van der Waals surface area contributed by atoms with Gasteiger partial charge in [0.2, 0.25) is 5.91 Å². The Bertz CT molecular complexity index is 1260. The van der Waals surface area contributed by atoms with Gasteiger partial charge in [0, 0.05) is 6.42 Å². The number of allylic oxidation sites excluding steroid dienone is 2. The van der Waals surface area contributed by atoms with Gasteiger partial charge in [-0.3, -0.25) is 4.79 Å². The molecule has 0 aromatic carbocycles. The average Bonchev–Trinajstić information content (AvgIpc) is 3.38. The van der Waals surface area contributed by atoms with Gasteiger partial charge in [-0.25, -0.2) is 0 Å². The van der Waals surface area contributed by atoms with E-state index in [-0.39, 0.29) is 12.5 Å². The van der Waals surface area contributed by atoms with Gasteiger partial charge in [-0.15, -0.1) is 0 Å². The molecule has 2 fully saturated rings. The summed E-state index contributed by atoms with van der Waals surface area (Å²) in [6.45, 7) is 2.88. The molecule has 72 heavy (non-hydrogen) atoms. The molecule has 0 aromatic heterocycles. The number of amides is 1. The van der Waals surface area contributed by atoms with Crippen molar-refractivity contribution in [3.05, 3.63) is 12.2 Å². The second-order valence-electron chi connectivity index (χ2n) is 21.5. The fourth-order valence-electron chi connectivity index (χ4n) is 10.1. The van der Waals surface area contributed by atoms with Crippen LogP contribution in [0, 0.1) is 0 Å². The van der Waals surface area contributed by atoms with E-state index in [1.54, 1.807) is 0 Å². The normalized spacial score (nSPS) is 25.6. The van der Waals surface area contributed by atoms with E-state index >= 15 is 0 Å². The monoisotopic (exact) mass is 1030 g/mol. The number of aliphatic hydroxyl groups excluding tert-OH is 8. The molecule has 9 N–H and O–H groups in total. The van der Waals surface area contributed by atoms with Crippen LogP contribution in [0.15, 0.2) is 12.2 Å². The predicted molar refractivity (Wildman–Crippen MR) is 286 cm³/mol. The zero-order valence-electron chi connectivity index (χ0n) is 45.7. The molecule has 12 atom stereocenters. The van der Waals surface area contributed by atoms with Gasteiger partial charge in [-0.2, -0.15) is 0 Å². The molecular weight excluding hydrogens is 919 g/mol.